The van der Waals surface area contributed by atoms with Crippen molar-refractivity contribution >= 4 is 52.5 Å². The number of H-pyrrole nitrogens is 2. The highest BCUT2D eigenvalue weighted by Gasteiger charge is 2.40. The van der Waals surface area contributed by atoms with E-state index in [1.54, 1.807) is 25.4 Å². The number of nitrogens with one attached hydrogen (secondary N) is 5. The fourth-order valence-electron chi connectivity index (χ4n) is 7.47. The number of imidazole rings is 1. The summed E-state index contributed by atoms with van der Waals surface area (Å²) < 4.78 is 1.84. The summed E-state index contributed by atoms with van der Waals surface area (Å²) in [6.07, 6.45) is 19.4. The summed E-state index contributed by atoms with van der Waals surface area (Å²) in [6, 6.07) is 22.5. The van der Waals surface area contributed by atoms with E-state index in [0.29, 0.717) is 39.1 Å². The number of halogens is 1. The minimum atomic E-state index is -0.324. The smallest absolute Gasteiger partial charge is 0.257 e. The highest BCUT2D eigenvalue weighted by Crippen LogP contribution is 2.38. The Morgan fingerprint density at radius 2 is 1.55 bits per heavy atom. The van der Waals surface area contributed by atoms with Crippen LogP contribution in [0.3, 0.4) is 0 Å². The van der Waals surface area contributed by atoms with Crippen LogP contribution < -0.4 is 32.8 Å². The number of aromatic nitrogens is 8. The quantitative estimate of drug-likeness (QED) is 0.0917. The van der Waals surface area contributed by atoms with Crippen LogP contribution in [0.2, 0.25) is 5.02 Å². The lowest BCUT2D eigenvalue weighted by Gasteiger charge is -2.10. The van der Waals surface area contributed by atoms with Gasteiger partial charge in [0, 0.05) is 65.1 Å². The molecule has 0 bridgehead atoms. The zero-order chi connectivity index (χ0) is 46.7. The Bertz CT molecular complexity index is 3120. The van der Waals surface area contributed by atoms with E-state index in [4.69, 9.17) is 17.3 Å². The second-order valence-corrected chi connectivity index (χ2v) is 14.7. The molecule has 4 aliphatic heterocycles. The molecule has 1 fully saturated rings. The number of nitrogens with two attached hydrogens (primary N) is 1. The number of nitrogen functional groups attached to an aromatic ring is 1. The molecule has 11 rings (SSSR count). The molecule has 16 nitrogen and oxygen atoms in total. The van der Waals surface area contributed by atoms with E-state index in [0.717, 1.165) is 39.6 Å². The van der Waals surface area contributed by atoms with Gasteiger partial charge in [0.2, 0.25) is 11.7 Å². The fraction of sp³-hybridized carbons (Fsp3) is 0.163. The Morgan fingerprint density at radius 1 is 0.818 bits per heavy atom. The number of nitrogens with zero attached hydrogens (tertiary/aromatic N) is 7. The third-order valence-corrected chi connectivity index (χ3v) is 10.6. The van der Waals surface area contributed by atoms with Crippen LogP contribution in [0.4, 0.5) is 23.0 Å². The minimum Gasteiger partial charge on any atom is -0.382 e. The van der Waals surface area contributed by atoms with Crippen LogP contribution in [0, 0.1) is 12.8 Å². The van der Waals surface area contributed by atoms with Crippen LogP contribution in [0.1, 0.15) is 62.3 Å². The van der Waals surface area contributed by atoms with E-state index in [2.05, 4.69) is 55.8 Å². The van der Waals surface area contributed by atoms with Crippen LogP contribution in [0.25, 0.3) is 28.3 Å². The molecule has 3 aliphatic carbocycles. The third-order valence-electron chi connectivity index (χ3n) is 10.4. The van der Waals surface area contributed by atoms with Gasteiger partial charge in [0.15, 0.2) is 11.6 Å². The average molecular weight is 902 g/mol. The molecule has 1 amide bonds. The predicted octanol–water partition coefficient (Wildman–Crippen LogP) is 8.60. The number of aryl methyl sites for hydroxylation is 1. The number of carbonyl (C=O) groups is 1. The van der Waals surface area contributed by atoms with Gasteiger partial charge in [-0.05, 0) is 37.3 Å². The maximum absolute atomic E-state index is 12.3. The maximum atomic E-state index is 12.3. The second kappa shape index (κ2) is 21.0. The topological polar surface area (TPSA) is 226 Å². The highest BCUT2D eigenvalue weighted by molar-refractivity contribution is 6.30. The molecule has 0 saturated carbocycles. The summed E-state index contributed by atoms with van der Waals surface area (Å²) in [7, 11) is 0. The molecule has 7 aliphatic rings. The highest BCUT2D eigenvalue weighted by atomic mass is 35.5. The van der Waals surface area contributed by atoms with E-state index >= 15 is 0 Å². The predicted molar refractivity (Wildman–Crippen MR) is 261 cm³/mol. The van der Waals surface area contributed by atoms with E-state index in [1.807, 2.05) is 142 Å². The molecule has 334 valence electrons. The van der Waals surface area contributed by atoms with Crippen molar-refractivity contribution in [2.75, 3.05) is 16.4 Å². The Balaban J connectivity index is 0.000000142. The summed E-state index contributed by atoms with van der Waals surface area (Å²) >= 11 is 5.94. The molecule has 8 heterocycles. The number of allylic oxidation sites excluding steroid dienone is 5. The Hall–Kier alpha value is -8.24. The van der Waals surface area contributed by atoms with Crippen molar-refractivity contribution in [3.63, 3.8) is 0 Å². The average Bonchev–Trinajstić information content (AvgIpc) is 4.03. The van der Waals surface area contributed by atoms with Gasteiger partial charge >= 0.3 is 0 Å². The minimum absolute atomic E-state index is 0.00962. The first kappa shape index (κ1) is 45.8. The summed E-state index contributed by atoms with van der Waals surface area (Å²) in [6.45, 7) is 9.79. The van der Waals surface area contributed by atoms with Crippen molar-refractivity contribution in [2.24, 2.45) is 10.9 Å². The largest absolute Gasteiger partial charge is 0.382 e. The van der Waals surface area contributed by atoms with Crippen LogP contribution in [0.5, 0.6) is 0 Å². The lowest BCUT2D eigenvalue weighted by atomic mass is 9.90. The van der Waals surface area contributed by atoms with Crippen LogP contribution in [0.15, 0.2) is 155 Å². The Kier molecular flexibility index (Phi) is 14.5. The fourth-order valence-corrected chi connectivity index (χ4v) is 7.63. The molecule has 0 radical (unpaired) electrons. The summed E-state index contributed by atoms with van der Waals surface area (Å²) in [5.74, 6) is 1.31. The van der Waals surface area contributed by atoms with Gasteiger partial charge in [0.25, 0.3) is 11.1 Å². The number of aliphatic imine (C=N–C) groups is 1. The molecule has 7 N–H and O–H groups in total. The Labute approximate surface area is 385 Å². The van der Waals surface area contributed by atoms with Crippen molar-refractivity contribution in [2.45, 2.75) is 46.7 Å². The molecule has 66 heavy (non-hydrogen) atoms. The first-order valence-corrected chi connectivity index (χ1v) is 21.8. The van der Waals surface area contributed by atoms with Crippen LogP contribution >= 0.6 is 11.6 Å². The normalized spacial score (nSPS) is 16.4. The third kappa shape index (κ3) is 9.78. The first-order valence-electron chi connectivity index (χ1n) is 21.4. The zero-order valence-corrected chi connectivity index (χ0v) is 37.6. The van der Waals surface area contributed by atoms with Gasteiger partial charge in [-0.25, -0.2) is 24.9 Å². The number of carbonyl (C=O) groups excluding carboxylic acids is 1. The van der Waals surface area contributed by atoms with Crippen LogP contribution in [-0.4, -0.2) is 51.4 Å². The Morgan fingerprint density at radius 3 is 2.30 bits per heavy atom. The number of hydrogen-bond donors (Lipinski definition) is 6. The van der Waals surface area contributed by atoms with Crippen molar-refractivity contribution in [3.05, 3.63) is 188 Å². The summed E-state index contributed by atoms with van der Waals surface area (Å²) in [4.78, 5) is 67.3. The number of hydrogen-bond acceptors (Lipinski definition) is 12. The van der Waals surface area contributed by atoms with Gasteiger partial charge in [-0.3, -0.25) is 23.8 Å². The van der Waals surface area contributed by atoms with Gasteiger partial charge in [0.1, 0.15) is 18.2 Å². The number of amides is 1. The summed E-state index contributed by atoms with van der Waals surface area (Å²) in [5, 5.41) is 9.94. The molecule has 4 aromatic heterocycles. The van der Waals surface area contributed by atoms with E-state index < -0.39 is 0 Å². The number of fused-ring (bicyclic) bond motifs is 5. The van der Waals surface area contributed by atoms with Gasteiger partial charge < -0.3 is 31.7 Å². The van der Waals surface area contributed by atoms with Crippen molar-refractivity contribution in [3.8, 4) is 22.5 Å². The molecule has 17 heteroatoms. The van der Waals surface area contributed by atoms with E-state index in [-0.39, 0.29) is 40.8 Å². The van der Waals surface area contributed by atoms with Gasteiger partial charge in [-0.1, -0.05) is 112 Å². The molecule has 1 saturated heterocycles. The second-order valence-electron chi connectivity index (χ2n) is 14.3. The maximum Gasteiger partial charge on any atom is 0.257 e. The monoisotopic (exact) mass is 901 g/mol. The number of anilines is 3. The number of rotatable bonds is 4. The molecular weight excluding hydrogens is 854 g/mol. The molecule has 3 unspecified atom stereocenters. The van der Waals surface area contributed by atoms with E-state index in [1.165, 1.54) is 12.5 Å². The van der Waals surface area contributed by atoms with E-state index in [9.17, 15) is 14.4 Å². The molecule has 0 spiro atoms. The van der Waals surface area contributed by atoms with Crippen molar-refractivity contribution in [1.29, 1.82) is 0 Å². The van der Waals surface area contributed by atoms with Gasteiger partial charge in [-0.2, -0.15) is 0 Å². The summed E-state index contributed by atoms with van der Waals surface area (Å²) in [5.41, 5.74) is 13.5. The van der Waals surface area contributed by atoms with Gasteiger partial charge in [-0.15, -0.1) is 0 Å². The SMILES string of the molecule is CC.CC.Cc1ncnc(N)c1N=Cc1c2cccccc-2[nH]c1=O.O=C1NC2=CC=CC=CC2C1c1cn2cccnc2n1.O=c1[nH]c2cccccc-2c1C1Nc2cc(Cl)cnc2N1. The lowest BCUT2D eigenvalue weighted by Crippen LogP contribution is -2.19. The molecule has 0 aromatic carbocycles. The number of pyridine rings is 1. The van der Waals surface area contributed by atoms with Crippen molar-refractivity contribution < 1.29 is 4.79 Å². The van der Waals surface area contributed by atoms with Gasteiger partial charge in [0.05, 0.1) is 39.1 Å². The number of aromatic amines is 2. The standard InChI is InChI=1S/C15H11ClN4O.C15H13N5O.C15H12N4O.2C2H6/c16-8-6-11-13(17-7-8)20-14(18-11)12-9-4-2-1-3-5-10(9)19-15(12)21;1-9-13(14(16)19-8-18-9)17-7-11-10-5-3-2-4-6-12(10)20-15(11)21;20-14-13(10-5-2-1-3-6-11(10)17-14)12-9-19-8-4-7-16-15(19)18-12;2*1-2/h1-7,14,18H,(H,17,20)(H,19,21);2-8H,1H3,(H,20,21)(H2,16,18,19);1-10,13H,(H,17,20);2*1-2H3. The molecular formula is C49H48ClN13O3. The van der Waals surface area contributed by atoms with Crippen LogP contribution in [-0.2, 0) is 4.79 Å². The molecule has 3 atom stereocenters. The first-order chi connectivity index (χ1) is 32.2. The van der Waals surface area contributed by atoms with Crippen molar-refractivity contribution in [1.82, 2.24) is 44.6 Å². The zero-order valence-electron chi connectivity index (χ0n) is 36.8. The lowest BCUT2D eigenvalue weighted by molar-refractivity contribution is -0.120. The molecule has 4 aromatic rings.